The molecule has 0 aromatic carbocycles. The normalized spacial score (nSPS) is 23.8. The van der Waals surface area contributed by atoms with Crippen LogP contribution >= 0.6 is 0 Å². The molecule has 1 saturated heterocycles. The number of amides is 1. The third kappa shape index (κ3) is 2.16. The van der Waals surface area contributed by atoms with Crippen molar-refractivity contribution >= 4 is 17.4 Å². The molecule has 0 radical (unpaired) electrons. The Bertz CT molecular complexity index is 436. The van der Waals surface area contributed by atoms with E-state index in [1.165, 1.54) is 0 Å². The number of anilines is 2. The largest absolute Gasteiger partial charge is 0.370 e. The van der Waals surface area contributed by atoms with Crippen LogP contribution < -0.4 is 21.9 Å². The monoisotopic (exact) mass is 235 g/mol. The van der Waals surface area contributed by atoms with Crippen LogP contribution in [0.5, 0.6) is 0 Å². The molecule has 1 fully saturated rings. The minimum absolute atomic E-state index is 0.244. The Hall–Kier alpha value is -1.82. The first-order valence-corrected chi connectivity index (χ1v) is 5.53. The molecule has 17 heavy (non-hydrogen) atoms. The molecule has 1 aromatic heterocycles. The van der Waals surface area contributed by atoms with Gasteiger partial charge in [0.2, 0.25) is 5.91 Å². The quantitative estimate of drug-likeness (QED) is 0.509. The molecule has 0 spiro atoms. The maximum atomic E-state index is 11.4. The Morgan fingerprint density at radius 1 is 1.65 bits per heavy atom. The number of primary amides is 1. The second kappa shape index (κ2) is 4.21. The summed E-state index contributed by atoms with van der Waals surface area (Å²) < 4.78 is 0. The molecule has 6 nitrogen and oxygen atoms in total. The van der Waals surface area contributed by atoms with Gasteiger partial charge in [0.25, 0.3) is 0 Å². The smallest absolute Gasteiger partial charge is 0.225 e. The fourth-order valence-electron chi connectivity index (χ4n) is 2.08. The molecule has 1 aliphatic rings. The van der Waals surface area contributed by atoms with Crippen LogP contribution in [0.25, 0.3) is 0 Å². The van der Waals surface area contributed by atoms with Gasteiger partial charge in [0.1, 0.15) is 5.82 Å². The van der Waals surface area contributed by atoms with Gasteiger partial charge in [0.15, 0.2) is 0 Å². The molecule has 1 atom stereocenters. The van der Waals surface area contributed by atoms with Crippen molar-refractivity contribution in [2.75, 3.05) is 23.4 Å². The number of nitrogen functional groups attached to an aromatic ring is 1. The van der Waals surface area contributed by atoms with E-state index in [1.54, 1.807) is 6.20 Å². The fourth-order valence-corrected chi connectivity index (χ4v) is 2.08. The molecule has 92 valence electrons. The first kappa shape index (κ1) is 11.7. The van der Waals surface area contributed by atoms with Crippen molar-refractivity contribution in [1.82, 2.24) is 4.98 Å². The van der Waals surface area contributed by atoms with Crippen LogP contribution in [0.1, 0.15) is 13.3 Å². The van der Waals surface area contributed by atoms with Crippen molar-refractivity contribution in [3.8, 4) is 0 Å². The number of pyridine rings is 1. The van der Waals surface area contributed by atoms with E-state index in [-0.39, 0.29) is 5.91 Å². The highest BCUT2D eigenvalue weighted by atomic mass is 16.1. The first-order chi connectivity index (χ1) is 8.05. The zero-order valence-corrected chi connectivity index (χ0v) is 9.81. The van der Waals surface area contributed by atoms with Crippen LogP contribution in [-0.2, 0) is 4.79 Å². The minimum atomic E-state index is -0.445. The molecule has 2 heterocycles. The molecule has 6 heteroatoms. The number of nitrogens with zero attached hydrogens (tertiary/aromatic N) is 2. The SMILES string of the molecule is CC1(C(N)=O)CCN(c2ccnc(NN)c2)C1. The van der Waals surface area contributed by atoms with E-state index >= 15 is 0 Å². The van der Waals surface area contributed by atoms with Gasteiger partial charge in [-0.05, 0) is 19.4 Å². The van der Waals surface area contributed by atoms with Gasteiger partial charge in [0, 0.05) is 31.0 Å². The number of hydrazine groups is 1. The molecule has 1 amide bonds. The Balaban J connectivity index is 2.17. The number of hydrogen-bond donors (Lipinski definition) is 3. The van der Waals surface area contributed by atoms with Gasteiger partial charge in [-0.15, -0.1) is 0 Å². The summed E-state index contributed by atoms with van der Waals surface area (Å²) >= 11 is 0. The lowest BCUT2D eigenvalue weighted by molar-refractivity contribution is -0.125. The Labute approximate surface area is 100.0 Å². The standard InChI is InChI=1S/C11H17N5O/c1-11(10(12)17)3-5-16(7-11)8-2-4-14-9(6-8)15-13/h2,4,6H,3,5,7,13H2,1H3,(H2,12,17)(H,14,15). The van der Waals surface area contributed by atoms with Crippen LogP contribution in [0.15, 0.2) is 18.3 Å². The van der Waals surface area contributed by atoms with Crippen molar-refractivity contribution in [3.05, 3.63) is 18.3 Å². The summed E-state index contributed by atoms with van der Waals surface area (Å²) in [5.41, 5.74) is 8.48. The fraction of sp³-hybridized carbons (Fsp3) is 0.455. The van der Waals surface area contributed by atoms with Gasteiger partial charge >= 0.3 is 0 Å². The highest BCUT2D eigenvalue weighted by Gasteiger charge is 2.38. The minimum Gasteiger partial charge on any atom is -0.370 e. The van der Waals surface area contributed by atoms with Crippen molar-refractivity contribution in [3.63, 3.8) is 0 Å². The number of nitrogens with one attached hydrogen (secondary N) is 1. The van der Waals surface area contributed by atoms with Crippen LogP contribution in [0, 0.1) is 5.41 Å². The lowest BCUT2D eigenvalue weighted by Gasteiger charge is -2.22. The second-order valence-corrected chi connectivity index (χ2v) is 4.64. The van der Waals surface area contributed by atoms with Gasteiger partial charge in [-0.1, -0.05) is 0 Å². The topological polar surface area (TPSA) is 97.3 Å². The highest BCUT2D eigenvalue weighted by molar-refractivity contribution is 5.82. The third-order valence-electron chi connectivity index (χ3n) is 3.32. The van der Waals surface area contributed by atoms with E-state index < -0.39 is 5.41 Å². The van der Waals surface area contributed by atoms with Crippen molar-refractivity contribution in [2.24, 2.45) is 17.0 Å². The number of carbonyl (C=O) groups excluding carboxylic acids is 1. The van der Waals surface area contributed by atoms with Crippen molar-refractivity contribution < 1.29 is 4.79 Å². The van der Waals surface area contributed by atoms with E-state index in [2.05, 4.69) is 15.3 Å². The summed E-state index contributed by atoms with van der Waals surface area (Å²) in [6.07, 6.45) is 2.46. The lowest BCUT2D eigenvalue weighted by atomic mass is 9.89. The van der Waals surface area contributed by atoms with Gasteiger partial charge < -0.3 is 16.1 Å². The summed E-state index contributed by atoms with van der Waals surface area (Å²) in [6.45, 7) is 3.35. The van der Waals surface area contributed by atoms with Crippen molar-refractivity contribution in [2.45, 2.75) is 13.3 Å². The number of carbonyl (C=O) groups is 1. The zero-order valence-electron chi connectivity index (χ0n) is 9.81. The molecular weight excluding hydrogens is 218 g/mol. The molecule has 1 aliphatic heterocycles. The molecular formula is C11H17N5O. The number of nitrogens with two attached hydrogens (primary N) is 2. The van der Waals surface area contributed by atoms with Crippen molar-refractivity contribution in [1.29, 1.82) is 0 Å². The third-order valence-corrected chi connectivity index (χ3v) is 3.32. The Morgan fingerprint density at radius 3 is 3.00 bits per heavy atom. The summed E-state index contributed by atoms with van der Waals surface area (Å²) in [6, 6.07) is 3.75. The van der Waals surface area contributed by atoms with E-state index in [0.717, 1.165) is 18.7 Å². The number of rotatable bonds is 3. The molecule has 0 bridgehead atoms. The molecule has 5 N–H and O–H groups in total. The lowest BCUT2D eigenvalue weighted by Crippen LogP contribution is -2.37. The summed E-state index contributed by atoms with van der Waals surface area (Å²) in [5, 5.41) is 0. The van der Waals surface area contributed by atoms with E-state index in [1.807, 2.05) is 19.1 Å². The Kier molecular flexibility index (Phi) is 2.89. The van der Waals surface area contributed by atoms with E-state index in [9.17, 15) is 4.79 Å². The molecule has 0 aliphatic carbocycles. The Morgan fingerprint density at radius 2 is 2.41 bits per heavy atom. The van der Waals surface area contributed by atoms with Crippen LogP contribution in [0.4, 0.5) is 11.5 Å². The average molecular weight is 235 g/mol. The van der Waals surface area contributed by atoms with Crippen LogP contribution in [0.2, 0.25) is 0 Å². The molecule has 1 unspecified atom stereocenters. The van der Waals surface area contributed by atoms with Crippen LogP contribution in [0.3, 0.4) is 0 Å². The predicted octanol–water partition coefficient (Wildman–Crippen LogP) is 0.0689. The summed E-state index contributed by atoms with van der Waals surface area (Å²) in [7, 11) is 0. The maximum absolute atomic E-state index is 11.4. The maximum Gasteiger partial charge on any atom is 0.225 e. The predicted molar refractivity (Wildman–Crippen MR) is 66.2 cm³/mol. The highest BCUT2D eigenvalue weighted by Crippen LogP contribution is 2.33. The van der Waals surface area contributed by atoms with Gasteiger partial charge in [0.05, 0.1) is 5.41 Å². The zero-order chi connectivity index (χ0) is 12.5. The summed E-state index contributed by atoms with van der Waals surface area (Å²) in [4.78, 5) is 17.5. The summed E-state index contributed by atoms with van der Waals surface area (Å²) in [5.74, 6) is 5.68. The van der Waals surface area contributed by atoms with Gasteiger partial charge in [-0.25, -0.2) is 10.8 Å². The first-order valence-electron chi connectivity index (χ1n) is 5.53. The molecule has 0 saturated carbocycles. The molecule has 1 aromatic rings. The van der Waals surface area contributed by atoms with E-state index in [4.69, 9.17) is 11.6 Å². The van der Waals surface area contributed by atoms with Gasteiger partial charge in [-0.2, -0.15) is 0 Å². The average Bonchev–Trinajstić information content (AvgIpc) is 2.74. The molecule has 2 rings (SSSR count). The van der Waals surface area contributed by atoms with Gasteiger partial charge in [-0.3, -0.25) is 4.79 Å². The number of aromatic nitrogens is 1. The van der Waals surface area contributed by atoms with Crippen LogP contribution in [-0.4, -0.2) is 24.0 Å². The second-order valence-electron chi connectivity index (χ2n) is 4.64. The number of hydrogen-bond acceptors (Lipinski definition) is 5. The van der Waals surface area contributed by atoms with E-state index in [0.29, 0.717) is 12.4 Å².